The molecule has 0 bridgehead atoms. The van der Waals surface area contributed by atoms with Crippen LogP contribution in [-0.2, 0) is 24.2 Å². The fraction of sp³-hybridized carbons (Fsp3) is 0.471. The molecule has 3 heteroatoms. The molecular weight excluding hydrogens is 366 g/mol. The van der Waals surface area contributed by atoms with Crippen molar-refractivity contribution in [3.63, 3.8) is 0 Å². The molecule has 20 heavy (non-hydrogen) atoms. The molecule has 0 heterocycles. The fourth-order valence-electron chi connectivity index (χ4n) is 1.31. The molecule has 0 amide bonds. The van der Waals surface area contributed by atoms with Crippen molar-refractivity contribution in [2.75, 3.05) is 0 Å². The van der Waals surface area contributed by atoms with Crippen LogP contribution in [0.1, 0.15) is 48.0 Å². The van der Waals surface area contributed by atoms with Crippen LogP contribution >= 0.6 is 0 Å². The van der Waals surface area contributed by atoms with E-state index in [-0.39, 0.29) is 24.8 Å². The molecule has 1 atom stereocenters. The Morgan fingerprint density at radius 2 is 1.70 bits per heavy atom. The van der Waals surface area contributed by atoms with E-state index in [1.807, 2.05) is 6.08 Å². The largest absolute Gasteiger partial charge is 1.00 e. The number of hydrogen-bond acceptors (Lipinski definition) is 0. The second kappa shape index (κ2) is 14.2. The minimum Gasteiger partial charge on any atom is -1.00 e. The van der Waals surface area contributed by atoms with Crippen molar-refractivity contribution in [2.45, 2.75) is 48.0 Å². The maximum atomic E-state index is 3.22. The van der Waals surface area contributed by atoms with Gasteiger partial charge in [0, 0.05) is 0 Å². The van der Waals surface area contributed by atoms with Crippen molar-refractivity contribution < 1.29 is 49.0 Å². The van der Waals surface area contributed by atoms with Gasteiger partial charge in [0.15, 0.2) is 0 Å². The van der Waals surface area contributed by atoms with Gasteiger partial charge in [-0.3, -0.25) is 12.2 Å². The minimum atomic E-state index is 0. The third-order valence-corrected chi connectivity index (χ3v) is 2.69. The van der Waals surface area contributed by atoms with Crippen molar-refractivity contribution in [1.82, 2.24) is 0 Å². The van der Waals surface area contributed by atoms with Crippen LogP contribution in [-0.4, -0.2) is 3.21 Å². The fourth-order valence-corrected chi connectivity index (χ4v) is 1.31. The standard InChI is InChI=1S/C8H11.C6H7.C3H6.2ClH.Zr/c1-6-4-5-7(2)8(6)3;1-6-4-2-3-5-6;1-3-2;;;/h4,7H,1-3H3;2,4H,5H2,1H3;1-2H3;2*1H;/q2*-1;;;;+2/p-2. The number of halogens is 2. The summed E-state index contributed by atoms with van der Waals surface area (Å²) >= 11 is 1.55. The summed E-state index contributed by atoms with van der Waals surface area (Å²) in [6.45, 7) is 12.8. The van der Waals surface area contributed by atoms with Gasteiger partial charge < -0.3 is 24.8 Å². The van der Waals surface area contributed by atoms with Crippen molar-refractivity contribution in [3.8, 4) is 0 Å². The van der Waals surface area contributed by atoms with E-state index in [2.05, 4.69) is 65.8 Å². The third kappa shape index (κ3) is 13.3. The van der Waals surface area contributed by atoms with E-state index < -0.39 is 0 Å². The zero-order valence-corrected chi connectivity index (χ0v) is 17.2. The first-order valence-corrected chi connectivity index (χ1v) is 7.58. The summed E-state index contributed by atoms with van der Waals surface area (Å²) in [7, 11) is 0. The smallest absolute Gasteiger partial charge is 1.00 e. The summed E-state index contributed by atoms with van der Waals surface area (Å²) in [6, 6.07) is 0. The molecule has 0 aromatic carbocycles. The van der Waals surface area contributed by atoms with E-state index in [4.69, 9.17) is 0 Å². The topological polar surface area (TPSA) is 0 Å². The van der Waals surface area contributed by atoms with Gasteiger partial charge in [-0.15, -0.1) is 13.3 Å². The molecule has 0 nitrogen and oxygen atoms in total. The van der Waals surface area contributed by atoms with Gasteiger partial charge in [-0.05, 0) is 0 Å². The zero-order valence-electron chi connectivity index (χ0n) is 13.3. The Hall–Kier alpha value is 0.293. The Kier molecular flexibility index (Phi) is 18.0. The number of allylic oxidation sites excluding steroid dienone is 8. The van der Waals surface area contributed by atoms with E-state index in [0.717, 1.165) is 6.42 Å². The van der Waals surface area contributed by atoms with Crippen LogP contribution in [0.4, 0.5) is 0 Å². The van der Waals surface area contributed by atoms with Crippen LogP contribution in [0.2, 0.25) is 0 Å². The van der Waals surface area contributed by atoms with E-state index in [1.54, 1.807) is 24.2 Å². The van der Waals surface area contributed by atoms with Crippen molar-refractivity contribution >= 4 is 3.21 Å². The quantitative estimate of drug-likeness (QED) is 0.455. The molecular formula is C17H24Cl2Zr-2. The molecule has 0 spiro atoms. The molecule has 112 valence electrons. The number of rotatable bonds is 0. The van der Waals surface area contributed by atoms with Crippen molar-refractivity contribution in [3.05, 3.63) is 47.1 Å². The van der Waals surface area contributed by atoms with Gasteiger partial charge in [0.2, 0.25) is 0 Å². The maximum absolute atomic E-state index is 3.22. The molecule has 1 unspecified atom stereocenters. The van der Waals surface area contributed by atoms with Gasteiger partial charge >= 0.3 is 41.3 Å². The molecule has 0 aromatic heterocycles. The first-order chi connectivity index (χ1) is 8.34. The molecule has 0 aromatic rings. The first-order valence-electron chi connectivity index (χ1n) is 6.35. The molecule has 0 saturated carbocycles. The summed E-state index contributed by atoms with van der Waals surface area (Å²) in [6.07, 6.45) is 13.4. The average Bonchev–Trinajstić information content (AvgIpc) is 2.84. The molecule has 0 aliphatic heterocycles. The second-order valence-corrected chi connectivity index (χ2v) is 7.42. The van der Waals surface area contributed by atoms with E-state index in [1.165, 1.54) is 19.9 Å². The normalized spacial score (nSPS) is 18.0. The van der Waals surface area contributed by atoms with Gasteiger partial charge in [0.25, 0.3) is 0 Å². The minimum absolute atomic E-state index is 0. The molecule has 0 saturated heterocycles. The predicted octanol–water partition coefficient (Wildman–Crippen LogP) is -1.22. The SMILES string of the molecule is CC1=C(C)C(C)[C-]=C1.CC1=CC=[C-]C1.C[C](C)=[Zr+2].[Cl-].[Cl-]. The van der Waals surface area contributed by atoms with Gasteiger partial charge in [-0.1, -0.05) is 26.7 Å². The van der Waals surface area contributed by atoms with Crippen LogP contribution in [0.5, 0.6) is 0 Å². The zero-order chi connectivity index (χ0) is 14.1. The molecule has 2 aliphatic carbocycles. The van der Waals surface area contributed by atoms with Crippen LogP contribution in [0, 0.1) is 18.1 Å². The Bertz CT molecular complexity index is 397. The predicted molar refractivity (Wildman–Crippen MR) is 77.9 cm³/mol. The Morgan fingerprint density at radius 3 is 1.80 bits per heavy atom. The van der Waals surface area contributed by atoms with Gasteiger partial charge in [0.1, 0.15) is 0 Å². The molecule has 0 radical (unpaired) electrons. The molecule has 2 aliphatic rings. The summed E-state index contributed by atoms with van der Waals surface area (Å²) in [5, 5.41) is 0. The Morgan fingerprint density at radius 1 is 1.20 bits per heavy atom. The summed E-state index contributed by atoms with van der Waals surface area (Å²) in [5.41, 5.74) is 4.26. The first kappa shape index (κ1) is 25.3. The van der Waals surface area contributed by atoms with Gasteiger partial charge in [0.05, 0.1) is 0 Å². The maximum Gasteiger partial charge on any atom is -1.00 e. The third-order valence-electron chi connectivity index (χ3n) is 2.69. The van der Waals surface area contributed by atoms with Crippen LogP contribution in [0.15, 0.2) is 34.9 Å². The van der Waals surface area contributed by atoms with Crippen LogP contribution in [0.3, 0.4) is 0 Å². The van der Waals surface area contributed by atoms with Crippen molar-refractivity contribution in [1.29, 1.82) is 0 Å². The summed E-state index contributed by atoms with van der Waals surface area (Å²) in [4.78, 5) is 0. The van der Waals surface area contributed by atoms with E-state index in [9.17, 15) is 0 Å². The second-order valence-electron chi connectivity index (χ2n) is 4.96. The van der Waals surface area contributed by atoms with E-state index in [0.29, 0.717) is 5.92 Å². The van der Waals surface area contributed by atoms with Gasteiger partial charge in [-0.2, -0.15) is 11.1 Å². The summed E-state index contributed by atoms with van der Waals surface area (Å²) < 4.78 is 1.51. The average molecular weight is 391 g/mol. The number of hydrogen-bond donors (Lipinski definition) is 0. The Balaban J connectivity index is -0.000000218. The van der Waals surface area contributed by atoms with E-state index >= 15 is 0 Å². The molecule has 0 fully saturated rings. The molecule has 2 rings (SSSR count). The monoisotopic (exact) mass is 388 g/mol. The van der Waals surface area contributed by atoms with Crippen molar-refractivity contribution in [2.24, 2.45) is 5.92 Å². The Labute approximate surface area is 152 Å². The van der Waals surface area contributed by atoms with Crippen LogP contribution < -0.4 is 24.8 Å². The van der Waals surface area contributed by atoms with Gasteiger partial charge in [-0.25, -0.2) is 23.8 Å². The summed E-state index contributed by atoms with van der Waals surface area (Å²) in [5.74, 6) is 0.565. The van der Waals surface area contributed by atoms with Crippen LogP contribution in [0.25, 0.3) is 0 Å². The molecule has 0 N–H and O–H groups in total.